The van der Waals surface area contributed by atoms with Gasteiger partial charge < -0.3 is 5.73 Å². The average Bonchev–Trinajstić information content (AvgIpc) is 2.35. The van der Waals surface area contributed by atoms with Gasteiger partial charge in [-0.3, -0.25) is 10.1 Å². The highest BCUT2D eigenvalue weighted by atomic mass is 32.2. The second-order valence-corrected chi connectivity index (χ2v) is 6.11. The molecule has 0 saturated carbocycles. The predicted octanol–water partition coefficient (Wildman–Crippen LogP) is 1.50. The Morgan fingerprint density at radius 2 is 2.11 bits per heavy atom. The van der Waals surface area contributed by atoms with Crippen LogP contribution in [0.4, 0.5) is 11.4 Å². The van der Waals surface area contributed by atoms with E-state index in [4.69, 9.17) is 5.73 Å². The number of nitrogen functional groups attached to an aromatic ring is 1. The summed E-state index contributed by atoms with van der Waals surface area (Å²) < 4.78 is 26.3. The summed E-state index contributed by atoms with van der Waals surface area (Å²) in [5.41, 5.74) is 4.95. The van der Waals surface area contributed by atoms with Crippen LogP contribution >= 0.6 is 0 Å². The standard InChI is InChI=1S/C11H17N3O4S/c1-3-8(2)7-13-19(17,18)9-4-5-10(12)11(6-9)14(15)16/h4-6,8,13H,3,7,12H2,1-2H3. The van der Waals surface area contributed by atoms with Gasteiger partial charge in [-0.25, -0.2) is 13.1 Å². The Morgan fingerprint density at radius 3 is 2.63 bits per heavy atom. The molecule has 1 atom stereocenters. The topological polar surface area (TPSA) is 115 Å². The van der Waals surface area contributed by atoms with Crippen LogP contribution < -0.4 is 10.5 Å². The van der Waals surface area contributed by atoms with Gasteiger partial charge >= 0.3 is 0 Å². The third-order valence-electron chi connectivity index (χ3n) is 2.83. The number of benzene rings is 1. The molecular formula is C11H17N3O4S. The molecule has 0 aromatic heterocycles. The van der Waals surface area contributed by atoms with E-state index in [0.717, 1.165) is 12.5 Å². The van der Waals surface area contributed by atoms with Crippen LogP contribution in [0.25, 0.3) is 0 Å². The first-order chi connectivity index (χ1) is 8.77. The number of sulfonamides is 1. The average molecular weight is 287 g/mol. The van der Waals surface area contributed by atoms with Gasteiger partial charge in [-0.2, -0.15) is 0 Å². The first kappa shape index (κ1) is 15.4. The van der Waals surface area contributed by atoms with Crippen LogP contribution in [0.1, 0.15) is 20.3 Å². The summed E-state index contributed by atoms with van der Waals surface area (Å²) in [5, 5.41) is 10.7. The molecule has 1 aromatic carbocycles. The monoisotopic (exact) mass is 287 g/mol. The maximum Gasteiger partial charge on any atom is 0.293 e. The Bertz CT molecular complexity index is 571. The highest BCUT2D eigenvalue weighted by molar-refractivity contribution is 7.89. The number of nitrogens with two attached hydrogens (primary N) is 1. The fourth-order valence-corrected chi connectivity index (χ4v) is 2.51. The SMILES string of the molecule is CCC(C)CNS(=O)(=O)c1ccc(N)c([N+](=O)[O-])c1. The number of hydrogen-bond donors (Lipinski definition) is 2. The van der Waals surface area contributed by atoms with E-state index in [1.807, 2.05) is 13.8 Å². The van der Waals surface area contributed by atoms with Gasteiger partial charge in [0, 0.05) is 12.6 Å². The molecule has 0 radical (unpaired) electrons. The van der Waals surface area contributed by atoms with Crippen LogP contribution in [0.5, 0.6) is 0 Å². The maximum absolute atomic E-state index is 12.0. The van der Waals surface area contributed by atoms with Crippen molar-refractivity contribution in [3.8, 4) is 0 Å². The number of rotatable bonds is 6. The number of nitro groups is 1. The van der Waals surface area contributed by atoms with Crippen LogP contribution in [0.15, 0.2) is 23.1 Å². The molecule has 0 saturated heterocycles. The molecule has 1 unspecified atom stereocenters. The fourth-order valence-electron chi connectivity index (χ4n) is 1.33. The largest absolute Gasteiger partial charge is 0.393 e. The second kappa shape index (κ2) is 5.98. The zero-order valence-corrected chi connectivity index (χ0v) is 11.6. The molecule has 1 rings (SSSR count). The third-order valence-corrected chi connectivity index (χ3v) is 4.25. The Morgan fingerprint density at radius 1 is 1.47 bits per heavy atom. The molecular weight excluding hydrogens is 270 g/mol. The molecule has 0 aliphatic heterocycles. The van der Waals surface area contributed by atoms with E-state index in [0.29, 0.717) is 0 Å². The highest BCUT2D eigenvalue weighted by Gasteiger charge is 2.20. The van der Waals surface area contributed by atoms with E-state index in [1.54, 1.807) is 0 Å². The molecule has 7 nitrogen and oxygen atoms in total. The molecule has 0 fully saturated rings. The minimum absolute atomic E-state index is 0.0640. The van der Waals surface area contributed by atoms with Crippen LogP contribution in [-0.2, 0) is 10.0 Å². The number of nitrogens with zero attached hydrogens (tertiary/aromatic N) is 1. The van der Waals surface area contributed by atoms with Crippen molar-refractivity contribution in [1.29, 1.82) is 0 Å². The number of anilines is 1. The molecule has 0 aliphatic carbocycles. The first-order valence-electron chi connectivity index (χ1n) is 5.81. The van der Waals surface area contributed by atoms with Gasteiger partial charge in [-0.05, 0) is 18.1 Å². The summed E-state index contributed by atoms with van der Waals surface area (Å²) in [6, 6.07) is 3.44. The summed E-state index contributed by atoms with van der Waals surface area (Å²) in [6.07, 6.45) is 0.838. The van der Waals surface area contributed by atoms with Crippen molar-refractivity contribution >= 4 is 21.4 Å². The molecule has 0 bridgehead atoms. The van der Waals surface area contributed by atoms with E-state index >= 15 is 0 Å². The maximum atomic E-state index is 12.0. The fraction of sp³-hybridized carbons (Fsp3) is 0.455. The molecule has 0 amide bonds. The van der Waals surface area contributed by atoms with Gasteiger partial charge in [-0.1, -0.05) is 20.3 Å². The molecule has 0 aliphatic rings. The normalized spacial score (nSPS) is 13.2. The zero-order valence-electron chi connectivity index (χ0n) is 10.8. The van der Waals surface area contributed by atoms with Gasteiger partial charge in [0.1, 0.15) is 5.69 Å². The van der Waals surface area contributed by atoms with Gasteiger partial charge in [0.25, 0.3) is 5.69 Å². The van der Waals surface area contributed by atoms with Gasteiger partial charge in [-0.15, -0.1) is 0 Å². The van der Waals surface area contributed by atoms with Gasteiger partial charge in [0.05, 0.1) is 9.82 Å². The lowest BCUT2D eigenvalue weighted by atomic mass is 10.1. The molecule has 8 heteroatoms. The quantitative estimate of drug-likeness (QED) is 0.467. The molecule has 1 aromatic rings. The highest BCUT2D eigenvalue weighted by Crippen LogP contribution is 2.24. The van der Waals surface area contributed by atoms with Crippen molar-refractivity contribution in [3.63, 3.8) is 0 Å². The minimum atomic E-state index is -3.75. The van der Waals surface area contributed by atoms with E-state index in [1.165, 1.54) is 12.1 Å². The van der Waals surface area contributed by atoms with Crippen LogP contribution in [0.3, 0.4) is 0 Å². The first-order valence-corrected chi connectivity index (χ1v) is 7.29. The molecule has 19 heavy (non-hydrogen) atoms. The Labute approximate surface area is 112 Å². The van der Waals surface area contributed by atoms with E-state index in [2.05, 4.69) is 4.72 Å². The van der Waals surface area contributed by atoms with E-state index in [9.17, 15) is 18.5 Å². The van der Waals surface area contributed by atoms with Crippen molar-refractivity contribution in [3.05, 3.63) is 28.3 Å². The van der Waals surface area contributed by atoms with Crippen molar-refractivity contribution in [2.75, 3.05) is 12.3 Å². The summed E-state index contributed by atoms with van der Waals surface area (Å²) >= 11 is 0. The number of hydrogen-bond acceptors (Lipinski definition) is 5. The lowest BCUT2D eigenvalue weighted by Gasteiger charge is -2.11. The van der Waals surface area contributed by atoms with E-state index < -0.39 is 20.6 Å². The Kier molecular flexibility index (Phi) is 4.84. The molecule has 106 valence electrons. The molecule has 0 spiro atoms. The van der Waals surface area contributed by atoms with E-state index in [-0.39, 0.29) is 23.0 Å². The zero-order chi connectivity index (χ0) is 14.6. The van der Waals surface area contributed by atoms with Crippen molar-refractivity contribution in [2.24, 2.45) is 5.92 Å². The summed E-state index contributed by atoms with van der Waals surface area (Å²) in [5.74, 6) is 0.193. The lowest BCUT2D eigenvalue weighted by Crippen LogP contribution is -2.28. The van der Waals surface area contributed by atoms with Gasteiger partial charge in [0.15, 0.2) is 0 Å². The van der Waals surface area contributed by atoms with Crippen molar-refractivity contribution in [1.82, 2.24) is 4.72 Å². The molecule has 3 N–H and O–H groups in total. The second-order valence-electron chi connectivity index (χ2n) is 4.34. The molecule has 0 heterocycles. The predicted molar refractivity (Wildman–Crippen MR) is 72.2 cm³/mol. The lowest BCUT2D eigenvalue weighted by molar-refractivity contribution is -0.384. The Hall–Kier alpha value is -1.67. The Balaban J connectivity index is 3.02. The van der Waals surface area contributed by atoms with Crippen molar-refractivity contribution < 1.29 is 13.3 Å². The van der Waals surface area contributed by atoms with Gasteiger partial charge in [0.2, 0.25) is 10.0 Å². The number of nitro benzene ring substituents is 1. The van der Waals surface area contributed by atoms with Crippen LogP contribution in [0, 0.1) is 16.0 Å². The summed E-state index contributed by atoms with van der Waals surface area (Å²) in [4.78, 5) is 9.86. The smallest absolute Gasteiger partial charge is 0.293 e. The summed E-state index contributed by atoms with van der Waals surface area (Å²) in [6.45, 7) is 4.15. The minimum Gasteiger partial charge on any atom is -0.393 e. The van der Waals surface area contributed by atoms with Crippen molar-refractivity contribution in [2.45, 2.75) is 25.2 Å². The van der Waals surface area contributed by atoms with Crippen LogP contribution in [-0.4, -0.2) is 19.9 Å². The van der Waals surface area contributed by atoms with Crippen LogP contribution in [0.2, 0.25) is 0 Å². The third kappa shape index (κ3) is 3.90. The number of nitrogens with one attached hydrogen (secondary N) is 1. The summed E-state index contributed by atoms with van der Waals surface area (Å²) in [7, 11) is -3.75.